The van der Waals surface area contributed by atoms with Crippen LogP contribution in [0.1, 0.15) is 60.3 Å². The van der Waals surface area contributed by atoms with Gasteiger partial charge in [0.2, 0.25) is 0 Å². The quantitative estimate of drug-likeness (QED) is 0.491. The molecule has 0 bridgehead atoms. The number of carboxylic acids is 1. The number of ether oxygens (including phenoxy) is 1. The highest BCUT2D eigenvalue weighted by molar-refractivity contribution is 5.87. The molecule has 5 nitrogen and oxygen atoms in total. The van der Waals surface area contributed by atoms with Crippen molar-refractivity contribution >= 4 is 11.9 Å². The van der Waals surface area contributed by atoms with Gasteiger partial charge in [0.1, 0.15) is 0 Å². The molecule has 0 amide bonds. The molecule has 0 saturated heterocycles. The van der Waals surface area contributed by atoms with Gasteiger partial charge in [-0.15, -0.1) is 0 Å². The molecule has 0 aliphatic heterocycles. The molecule has 0 heterocycles. The molecule has 0 aromatic heterocycles. The van der Waals surface area contributed by atoms with Gasteiger partial charge in [-0.1, -0.05) is 53.9 Å². The lowest BCUT2D eigenvalue weighted by molar-refractivity contribution is -0.168. The number of rotatable bonds is 10. The Labute approximate surface area is 133 Å². The summed E-state index contributed by atoms with van der Waals surface area (Å²) >= 11 is 0. The molecule has 126 valence electrons. The van der Waals surface area contributed by atoms with Gasteiger partial charge in [-0.05, 0) is 18.3 Å². The van der Waals surface area contributed by atoms with Crippen LogP contribution < -0.4 is 0 Å². The largest absolute Gasteiger partial charge is 0.481 e. The molecular weight excluding hydrogens is 282 g/mol. The predicted octanol–water partition coefficient (Wildman–Crippen LogP) is 3.63. The molecule has 0 aromatic carbocycles. The summed E-state index contributed by atoms with van der Waals surface area (Å²) in [6.45, 7) is 9.13. The lowest BCUT2D eigenvalue weighted by Crippen LogP contribution is -2.48. The van der Waals surface area contributed by atoms with E-state index in [-0.39, 0.29) is 12.5 Å². The lowest BCUT2D eigenvalue weighted by Gasteiger charge is -2.35. The summed E-state index contributed by atoms with van der Waals surface area (Å²) in [5, 5.41) is 19.1. The number of hydrogen-bond acceptors (Lipinski definition) is 4. The summed E-state index contributed by atoms with van der Waals surface area (Å²) in [7, 11) is 0. The normalized spacial score (nSPS) is 15.2. The molecular formula is C17H29NO4. The van der Waals surface area contributed by atoms with Crippen molar-refractivity contribution in [3.63, 3.8) is 0 Å². The second kappa shape index (κ2) is 9.45. The average molecular weight is 311 g/mol. The first-order valence-electron chi connectivity index (χ1n) is 8.06. The number of nitrogens with zero attached hydrogens (tertiary/aromatic N) is 1. The summed E-state index contributed by atoms with van der Waals surface area (Å²) in [5.41, 5.74) is -1.65. The third kappa shape index (κ3) is 4.72. The molecule has 22 heavy (non-hydrogen) atoms. The fraction of sp³-hybridized carbons (Fsp3) is 0.824. The summed E-state index contributed by atoms with van der Waals surface area (Å²) in [5.74, 6) is -3.70. The van der Waals surface area contributed by atoms with Crippen LogP contribution in [0.25, 0.3) is 0 Å². The monoisotopic (exact) mass is 311 g/mol. The van der Waals surface area contributed by atoms with E-state index in [2.05, 4.69) is 6.92 Å². The Morgan fingerprint density at radius 2 is 1.77 bits per heavy atom. The van der Waals surface area contributed by atoms with Gasteiger partial charge in [-0.25, -0.2) is 0 Å². The van der Waals surface area contributed by atoms with E-state index in [9.17, 15) is 20.0 Å². The van der Waals surface area contributed by atoms with Gasteiger partial charge in [0, 0.05) is 0 Å². The fourth-order valence-corrected chi connectivity index (χ4v) is 2.78. The summed E-state index contributed by atoms with van der Waals surface area (Å²) in [6.07, 6.45) is 3.83. The van der Waals surface area contributed by atoms with Crippen LogP contribution in [-0.4, -0.2) is 23.7 Å². The first kappa shape index (κ1) is 20.4. The lowest BCUT2D eigenvalue weighted by atomic mass is 9.64. The first-order valence-corrected chi connectivity index (χ1v) is 8.06. The van der Waals surface area contributed by atoms with Gasteiger partial charge >= 0.3 is 11.9 Å². The van der Waals surface area contributed by atoms with E-state index in [1.165, 1.54) is 0 Å². The second-order valence-corrected chi connectivity index (χ2v) is 6.39. The highest BCUT2D eigenvalue weighted by atomic mass is 16.5. The van der Waals surface area contributed by atoms with E-state index in [4.69, 9.17) is 4.74 Å². The van der Waals surface area contributed by atoms with Crippen LogP contribution in [0.5, 0.6) is 0 Å². The Bertz CT molecular complexity index is 411. The molecule has 0 fully saturated rings. The number of carbonyl (C=O) groups excluding carboxylic acids is 1. The second-order valence-electron chi connectivity index (χ2n) is 6.39. The van der Waals surface area contributed by atoms with Crippen molar-refractivity contribution in [1.29, 1.82) is 5.26 Å². The van der Waals surface area contributed by atoms with Crippen LogP contribution in [0.3, 0.4) is 0 Å². The van der Waals surface area contributed by atoms with E-state index >= 15 is 0 Å². The van der Waals surface area contributed by atoms with Gasteiger partial charge in [0.05, 0.1) is 18.6 Å². The van der Waals surface area contributed by atoms with Crippen LogP contribution in [0.15, 0.2) is 0 Å². The van der Waals surface area contributed by atoms with Crippen molar-refractivity contribution in [1.82, 2.24) is 0 Å². The Hall–Kier alpha value is -1.57. The molecule has 2 atom stereocenters. The molecule has 0 radical (unpaired) electrons. The number of hydrogen-bond donors (Lipinski definition) is 1. The predicted molar refractivity (Wildman–Crippen MR) is 83.9 cm³/mol. The Kier molecular flexibility index (Phi) is 8.77. The number of unbranched alkanes of at least 4 members (excludes halogenated alkanes) is 3. The van der Waals surface area contributed by atoms with E-state index < -0.39 is 29.2 Å². The maximum Gasteiger partial charge on any atom is 0.327 e. The van der Waals surface area contributed by atoms with Crippen molar-refractivity contribution in [2.24, 2.45) is 23.2 Å². The Morgan fingerprint density at radius 3 is 2.14 bits per heavy atom. The maximum absolute atomic E-state index is 12.5. The minimum absolute atomic E-state index is 0.236. The van der Waals surface area contributed by atoms with Crippen LogP contribution in [0.2, 0.25) is 0 Å². The minimum atomic E-state index is -1.65. The number of carbonyl (C=O) groups is 2. The average Bonchev–Trinajstić information content (AvgIpc) is 2.42. The maximum atomic E-state index is 12.5. The number of aliphatic carboxylic acids is 1. The molecule has 0 aliphatic rings. The smallest absolute Gasteiger partial charge is 0.327 e. The van der Waals surface area contributed by atoms with Crippen molar-refractivity contribution in [3.05, 3.63) is 0 Å². The summed E-state index contributed by atoms with van der Waals surface area (Å²) < 4.78 is 5.26. The third-order valence-corrected chi connectivity index (χ3v) is 4.09. The zero-order valence-electron chi connectivity index (χ0n) is 14.4. The van der Waals surface area contributed by atoms with Crippen molar-refractivity contribution in [3.8, 4) is 6.07 Å². The molecule has 0 rings (SSSR count). The third-order valence-electron chi connectivity index (χ3n) is 4.09. The van der Waals surface area contributed by atoms with Gasteiger partial charge in [-0.2, -0.15) is 5.26 Å². The highest BCUT2D eigenvalue weighted by Gasteiger charge is 2.54. The molecule has 1 N–H and O–H groups in total. The summed E-state index contributed by atoms with van der Waals surface area (Å²) in [6, 6.07) is 1.97. The SMILES string of the molecule is CCCCCCOC(=O)C(C#N)(C(C)C)C(C(=O)O)C(C)C. The fourth-order valence-electron chi connectivity index (χ4n) is 2.78. The van der Waals surface area contributed by atoms with Crippen LogP contribution in [0, 0.1) is 34.5 Å². The van der Waals surface area contributed by atoms with Gasteiger partial charge in [0.15, 0.2) is 5.41 Å². The number of esters is 1. The molecule has 0 saturated carbocycles. The highest BCUT2D eigenvalue weighted by Crippen LogP contribution is 2.41. The van der Waals surface area contributed by atoms with Gasteiger partial charge in [-0.3, -0.25) is 9.59 Å². The van der Waals surface area contributed by atoms with Crippen LogP contribution >= 0.6 is 0 Å². The van der Waals surface area contributed by atoms with Crippen LogP contribution in [-0.2, 0) is 14.3 Å². The van der Waals surface area contributed by atoms with Crippen LogP contribution in [0.4, 0.5) is 0 Å². The van der Waals surface area contributed by atoms with Crippen molar-refractivity contribution in [2.75, 3.05) is 6.61 Å². The van der Waals surface area contributed by atoms with Gasteiger partial charge in [0.25, 0.3) is 0 Å². The Morgan fingerprint density at radius 1 is 1.18 bits per heavy atom. The van der Waals surface area contributed by atoms with Crippen molar-refractivity contribution in [2.45, 2.75) is 60.3 Å². The van der Waals surface area contributed by atoms with E-state index in [0.717, 1.165) is 25.7 Å². The van der Waals surface area contributed by atoms with E-state index in [1.54, 1.807) is 27.7 Å². The molecule has 0 spiro atoms. The van der Waals surface area contributed by atoms with Gasteiger partial charge < -0.3 is 9.84 Å². The first-order chi connectivity index (χ1) is 10.3. The molecule has 0 aliphatic carbocycles. The minimum Gasteiger partial charge on any atom is -0.481 e. The van der Waals surface area contributed by atoms with Crippen molar-refractivity contribution < 1.29 is 19.4 Å². The topological polar surface area (TPSA) is 87.4 Å². The van der Waals surface area contributed by atoms with E-state index in [0.29, 0.717) is 0 Å². The zero-order valence-corrected chi connectivity index (χ0v) is 14.4. The molecule has 0 aromatic rings. The number of nitriles is 1. The molecule has 5 heteroatoms. The molecule has 2 unspecified atom stereocenters. The van der Waals surface area contributed by atoms with E-state index in [1.807, 2.05) is 6.07 Å². The Balaban J connectivity index is 5.23. The number of carboxylic acid groups (broad SMARTS) is 1. The standard InChI is InChI=1S/C17H29NO4/c1-6-7-8-9-10-22-16(21)17(11-18,13(4)5)14(12(2)3)15(19)20/h12-14H,6-10H2,1-5H3,(H,19,20). The zero-order chi connectivity index (χ0) is 17.3. The summed E-state index contributed by atoms with van der Waals surface area (Å²) in [4.78, 5) is 24.1.